The standard InChI is InChI=1S/C20H24N2O3/c1-12-9-13(2)19(14(3)10-12)22-20(23)15(4)21-16-5-6-17-18(11-16)25-8-7-24-17/h5-6,9-11,15,21H,7-8H2,1-4H3,(H,22,23)/t15-/m1/s1. The summed E-state index contributed by atoms with van der Waals surface area (Å²) in [4.78, 5) is 12.6. The van der Waals surface area contributed by atoms with E-state index in [1.165, 1.54) is 5.56 Å². The molecule has 2 aromatic carbocycles. The molecular formula is C20H24N2O3. The molecule has 1 amide bonds. The zero-order valence-corrected chi connectivity index (χ0v) is 15.1. The second kappa shape index (κ2) is 7.05. The molecule has 1 heterocycles. The molecule has 0 saturated carbocycles. The lowest BCUT2D eigenvalue weighted by atomic mass is 10.0. The molecule has 1 aliphatic rings. The summed E-state index contributed by atoms with van der Waals surface area (Å²) in [6, 6.07) is 9.36. The third-order valence-electron chi connectivity index (χ3n) is 4.24. The molecule has 1 atom stereocenters. The SMILES string of the molecule is Cc1cc(C)c(NC(=O)[C@@H](C)Nc2ccc3c(c2)OCCO3)c(C)c1. The number of carbonyl (C=O) groups is 1. The van der Waals surface area contributed by atoms with Crippen molar-refractivity contribution in [2.24, 2.45) is 0 Å². The molecule has 1 aliphatic heterocycles. The molecular weight excluding hydrogens is 316 g/mol. The number of fused-ring (bicyclic) bond motifs is 1. The van der Waals surface area contributed by atoms with Crippen LogP contribution in [0.25, 0.3) is 0 Å². The molecule has 5 heteroatoms. The maximum atomic E-state index is 12.6. The smallest absolute Gasteiger partial charge is 0.246 e. The molecule has 132 valence electrons. The fourth-order valence-corrected chi connectivity index (χ4v) is 3.06. The van der Waals surface area contributed by atoms with Crippen LogP contribution in [0.5, 0.6) is 11.5 Å². The van der Waals surface area contributed by atoms with Crippen LogP contribution in [-0.2, 0) is 4.79 Å². The van der Waals surface area contributed by atoms with Crippen LogP contribution in [0.4, 0.5) is 11.4 Å². The Hall–Kier alpha value is -2.69. The molecule has 0 fully saturated rings. The van der Waals surface area contributed by atoms with Gasteiger partial charge in [0.25, 0.3) is 0 Å². The van der Waals surface area contributed by atoms with Gasteiger partial charge in [-0.05, 0) is 51.0 Å². The molecule has 0 aromatic heterocycles. The van der Waals surface area contributed by atoms with Gasteiger partial charge in [-0.1, -0.05) is 17.7 Å². The minimum Gasteiger partial charge on any atom is -0.486 e. The minimum atomic E-state index is -0.386. The summed E-state index contributed by atoms with van der Waals surface area (Å²) in [5, 5.41) is 6.25. The second-order valence-corrected chi connectivity index (χ2v) is 6.49. The van der Waals surface area contributed by atoms with Crippen LogP contribution in [0, 0.1) is 20.8 Å². The molecule has 25 heavy (non-hydrogen) atoms. The average Bonchev–Trinajstić information content (AvgIpc) is 2.57. The van der Waals surface area contributed by atoms with Gasteiger partial charge < -0.3 is 20.1 Å². The second-order valence-electron chi connectivity index (χ2n) is 6.49. The number of ether oxygens (including phenoxy) is 2. The van der Waals surface area contributed by atoms with Crippen molar-refractivity contribution in [2.45, 2.75) is 33.7 Å². The molecule has 0 spiro atoms. The molecule has 0 aliphatic carbocycles. The number of aryl methyl sites for hydroxylation is 3. The van der Waals surface area contributed by atoms with Gasteiger partial charge in [0, 0.05) is 17.4 Å². The van der Waals surface area contributed by atoms with Crippen LogP contribution in [0.2, 0.25) is 0 Å². The molecule has 3 rings (SSSR count). The highest BCUT2D eigenvalue weighted by atomic mass is 16.6. The highest BCUT2D eigenvalue weighted by Crippen LogP contribution is 2.32. The number of benzene rings is 2. The molecule has 0 unspecified atom stereocenters. The van der Waals surface area contributed by atoms with E-state index >= 15 is 0 Å². The van der Waals surface area contributed by atoms with Crippen molar-refractivity contribution < 1.29 is 14.3 Å². The number of rotatable bonds is 4. The van der Waals surface area contributed by atoms with Gasteiger partial charge >= 0.3 is 0 Å². The summed E-state index contributed by atoms with van der Waals surface area (Å²) < 4.78 is 11.1. The van der Waals surface area contributed by atoms with E-state index in [2.05, 4.69) is 29.7 Å². The summed E-state index contributed by atoms with van der Waals surface area (Å²) in [6.07, 6.45) is 0. The fraction of sp³-hybridized carbons (Fsp3) is 0.350. The van der Waals surface area contributed by atoms with Gasteiger partial charge in [-0.2, -0.15) is 0 Å². The lowest BCUT2D eigenvalue weighted by Crippen LogP contribution is -2.32. The summed E-state index contributed by atoms with van der Waals surface area (Å²) in [7, 11) is 0. The van der Waals surface area contributed by atoms with E-state index < -0.39 is 0 Å². The van der Waals surface area contributed by atoms with E-state index in [4.69, 9.17) is 9.47 Å². The molecule has 0 bridgehead atoms. The highest BCUT2D eigenvalue weighted by molar-refractivity contribution is 5.97. The highest BCUT2D eigenvalue weighted by Gasteiger charge is 2.17. The Labute approximate surface area is 148 Å². The third-order valence-corrected chi connectivity index (χ3v) is 4.24. The first kappa shape index (κ1) is 17.1. The monoisotopic (exact) mass is 340 g/mol. The normalized spacial score (nSPS) is 13.9. The number of carbonyl (C=O) groups excluding carboxylic acids is 1. The van der Waals surface area contributed by atoms with Crippen LogP contribution in [0.1, 0.15) is 23.6 Å². The van der Waals surface area contributed by atoms with Crippen LogP contribution in [0.15, 0.2) is 30.3 Å². The minimum absolute atomic E-state index is 0.0788. The predicted octanol–water partition coefficient (Wildman–Crippen LogP) is 3.82. The third kappa shape index (κ3) is 3.87. The largest absolute Gasteiger partial charge is 0.486 e. The van der Waals surface area contributed by atoms with E-state index in [9.17, 15) is 4.79 Å². The van der Waals surface area contributed by atoms with E-state index in [1.54, 1.807) is 0 Å². The Balaban J connectivity index is 1.69. The number of amides is 1. The lowest BCUT2D eigenvalue weighted by molar-refractivity contribution is -0.116. The van der Waals surface area contributed by atoms with Crippen LogP contribution >= 0.6 is 0 Å². The molecule has 2 aromatic rings. The summed E-state index contributed by atoms with van der Waals surface area (Å²) in [5.41, 5.74) is 5.03. The Kier molecular flexibility index (Phi) is 4.83. The number of anilines is 2. The molecule has 0 radical (unpaired) electrons. The first-order valence-electron chi connectivity index (χ1n) is 8.49. The first-order valence-corrected chi connectivity index (χ1v) is 8.49. The van der Waals surface area contributed by atoms with Gasteiger partial charge in [0.05, 0.1) is 0 Å². The van der Waals surface area contributed by atoms with Crippen LogP contribution in [0.3, 0.4) is 0 Å². The van der Waals surface area contributed by atoms with Crippen molar-refractivity contribution in [3.05, 3.63) is 47.0 Å². The Morgan fingerprint density at radius 3 is 2.32 bits per heavy atom. The van der Waals surface area contributed by atoms with Crippen molar-refractivity contribution in [1.82, 2.24) is 0 Å². The van der Waals surface area contributed by atoms with Crippen molar-refractivity contribution in [1.29, 1.82) is 0 Å². The zero-order chi connectivity index (χ0) is 18.0. The summed E-state index contributed by atoms with van der Waals surface area (Å²) >= 11 is 0. The molecule has 5 nitrogen and oxygen atoms in total. The zero-order valence-electron chi connectivity index (χ0n) is 15.1. The van der Waals surface area contributed by atoms with Gasteiger partial charge in [-0.25, -0.2) is 0 Å². The topological polar surface area (TPSA) is 59.6 Å². The number of nitrogens with one attached hydrogen (secondary N) is 2. The van der Waals surface area contributed by atoms with E-state index in [1.807, 2.05) is 39.0 Å². The maximum absolute atomic E-state index is 12.6. The Morgan fingerprint density at radius 2 is 1.64 bits per heavy atom. The quantitative estimate of drug-likeness (QED) is 0.888. The Bertz CT molecular complexity index is 779. The van der Waals surface area contributed by atoms with Crippen LogP contribution < -0.4 is 20.1 Å². The van der Waals surface area contributed by atoms with Gasteiger partial charge in [0.15, 0.2) is 11.5 Å². The predicted molar refractivity (Wildman–Crippen MR) is 99.8 cm³/mol. The fourth-order valence-electron chi connectivity index (χ4n) is 3.06. The maximum Gasteiger partial charge on any atom is 0.246 e. The van der Waals surface area contributed by atoms with Crippen molar-refractivity contribution in [2.75, 3.05) is 23.8 Å². The summed E-state index contributed by atoms with van der Waals surface area (Å²) in [5.74, 6) is 1.36. The molecule has 0 saturated heterocycles. The first-order chi connectivity index (χ1) is 11.9. The van der Waals surface area contributed by atoms with Gasteiger partial charge in [0.1, 0.15) is 19.3 Å². The Morgan fingerprint density at radius 1 is 1.00 bits per heavy atom. The van der Waals surface area contributed by atoms with Crippen molar-refractivity contribution >= 4 is 17.3 Å². The average molecular weight is 340 g/mol. The van der Waals surface area contributed by atoms with Crippen molar-refractivity contribution in [3.63, 3.8) is 0 Å². The lowest BCUT2D eigenvalue weighted by Gasteiger charge is -2.21. The van der Waals surface area contributed by atoms with Gasteiger partial charge in [-0.3, -0.25) is 4.79 Å². The van der Waals surface area contributed by atoms with Crippen molar-refractivity contribution in [3.8, 4) is 11.5 Å². The van der Waals surface area contributed by atoms with E-state index in [-0.39, 0.29) is 11.9 Å². The van der Waals surface area contributed by atoms with Gasteiger partial charge in [-0.15, -0.1) is 0 Å². The number of hydrogen-bond donors (Lipinski definition) is 2. The number of hydrogen-bond acceptors (Lipinski definition) is 4. The van der Waals surface area contributed by atoms with E-state index in [0.29, 0.717) is 19.0 Å². The summed E-state index contributed by atoms with van der Waals surface area (Å²) in [6.45, 7) is 9.01. The van der Waals surface area contributed by atoms with Gasteiger partial charge in [0.2, 0.25) is 5.91 Å². The van der Waals surface area contributed by atoms with Crippen LogP contribution in [-0.4, -0.2) is 25.2 Å². The molecule has 2 N–H and O–H groups in total. The van der Waals surface area contributed by atoms with E-state index in [0.717, 1.165) is 28.3 Å².